The van der Waals surface area contributed by atoms with Crippen LogP contribution >= 0.6 is 37.2 Å². The Balaban J connectivity index is 0.00000225. The smallest absolute Gasteiger partial charge is 0.222 e. The van der Waals surface area contributed by atoms with Crippen molar-refractivity contribution in [2.75, 3.05) is 39.3 Å². The molecule has 0 bridgehead atoms. The van der Waals surface area contributed by atoms with Gasteiger partial charge in [-0.2, -0.15) is 0 Å². The number of aromatic nitrogens is 1. The van der Waals surface area contributed by atoms with E-state index in [-0.39, 0.29) is 37.2 Å². The van der Waals surface area contributed by atoms with Gasteiger partial charge in [0.05, 0.1) is 0 Å². The van der Waals surface area contributed by atoms with Gasteiger partial charge in [-0.05, 0) is 56.8 Å². The Morgan fingerprint density at radius 1 is 1.19 bits per heavy atom. The molecule has 2 aliphatic rings. The molecule has 0 spiro atoms. The lowest BCUT2D eigenvalue weighted by atomic mass is 9.93. The van der Waals surface area contributed by atoms with Crippen LogP contribution in [0.25, 0.3) is 0 Å². The fourth-order valence-corrected chi connectivity index (χ4v) is 3.85. The highest BCUT2D eigenvalue weighted by molar-refractivity contribution is 5.86. The maximum absolute atomic E-state index is 12.5. The van der Waals surface area contributed by atoms with Crippen LogP contribution in [0.15, 0.2) is 24.5 Å². The predicted octanol–water partition coefficient (Wildman–Crippen LogP) is 3.33. The number of hydrogen-bond donors (Lipinski definition) is 1. The van der Waals surface area contributed by atoms with Gasteiger partial charge in [-0.3, -0.25) is 14.7 Å². The lowest BCUT2D eigenvalue weighted by Crippen LogP contribution is -2.49. The molecule has 156 valence electrons. The first-order valence-corrected chi connectivity index (χ1v) is 9.36. The minimum atomic E-state index is 0. The van der Waals surface area contributed by atoms with Gasteiger partial charge < -0.3 is 10.2 Å². The molecule has 1 aromatic rings. The third kappa shape index (κ3) is 7.74. The zero-order valence-corrected chi connectivity index (χ0v) is 18.5. The molecule has 2 saturated heterocycles. The molecule has 1 unspecified atom stereocenters. The van der Waals surface area contributed by atoms with Gasteiger partial charge in [-0.15, -0.1) is 37.2 Å². The van der Waals surface area contributed by atoms with E-state index in [0.29, 0.717) is 11.9 Å². The molecule has 1 N–H and O–H groups in total. The third-order valence-corrected chi connectivity index (χ3v) is 5.61. The van der Waals surface area contributed by atoms with E-state index in [2.05, 4.69) is 33.1 Å². The van der Waals surface area contributed by atoms with Crippen molar-refractivity contribution in [3.63, 3.8) is 0 Å². The Bertz CT molecular complexity index is 521. The second kappa shape index (κ2) is 13.6. The van der Waals surface area contributed by atoms with Crippen molar-refractivity contribution in [3.05, 3.63) is 30.1 Å². The van der Waals surface area contributed by atoms with Gasteiger partial charge in [-0.1, -0.05) is 6.07 Å². The van der Waals surface area contributed by atoms with E-state index in [9.17, 15) is 4.79 Å². The molecule has 0 saturated carbocycles. The van der Waals surface area contributed by atoms with Crippen molar-refractivity contribution >= 4 is 43.1 Å². The molecule has 1 aromatic heterocycles. The van der Waals surface area contributed by atoms with Crippen molar-refractivity contribution in [2.24, 2.45) is 5.92 Å². The molecular weight excluding hydrogens is 407 g/mol. The number of nitrogens with zero attached hydrogens (tertiary/aromatic N) is 3. The summed E-state index contributed by atoms with van der Waals surface area (Å²) in [6.45, 7) is 8.08. The number of pyridine rings is 1. The molecule has 3 rings (SSSR count). The predicted molar refractivity (Wildman–Crippen MR) is 117 cm³/mol. The highest BCUT2D eigenvalue weighted by Gasteiger charge is 2.25. The number of carbonyl (C=O) groups is 1. The van der Waals surface area contributed by atoms with E-state index < -0.39 is 0 Å². The largest absolute Gasteiger partial charge is 0.340 e. The van der Waals surface area contributed by atoms with Crippen LogP contribution in [0.1, 0.15) is 44.2 Å². The number of carbonyl (C=O) groups excluding carboxylic acids is 1. The number of piperidine rings is 1. The van der Waals surface area contributed by atoms with Crippen molar-refractivity contribution in [1.29, 1.82) is 0 Å². The molecule has 2 aliphatic heterocycles. The van der Waals surface area contributed by atoms with Crippen LogP contribution in [-0.4, -0.2) is 60.0 Å². The molecule has 1 amide bonds. The first kappa shape index (κ1) is 26.4. The average molecular weight is 440 g/mol. The fraction of sp³-hybridized carbons (Fsp3) is 0.684. The Labute approximate surface area is 181 Å². The highest BCUT2D eigenvalue weighted by Crippen LogP contribution is 2.22. The standard InChI is InChI=1S/C19H30N4O.3ClH/c1-16(18-3-2-8-21-15-18)22-11-13-23(14-12-22)19(24)5-4-17-6-9-20-10-7-17;;;/h2-3,8,15-17,20H,4-7,9-14H2,1H3;3*1H. The van der Waals surface area contributed by atoms with Crippen LogP contribution in [-0.2, 0) is 4.79 Å². The lowest BCUT2D eigenvalue weighted by molar-refractivity contribution is -0.133. The van der Waals surface area contributed by atoms with Crippen molar-refractivity contribution in [2.45, 2.75) is 38.6 Å². The van der Waals surface area contributed by atoms with E-state index in [1.54, 1.807) is 0 Å². The van der Waals surface area contributed by atoms with Crippen LogP contribution in [0, 0.1) is 5.92 Å². The first-order valence-electron chi connectivity index (χ1n) is 9.36. The Kier molecular flexibility index (Phi) is 13.3. The molecule has 0 aromatic carbocycles. The second-order valence-corrected chi connectivity index (χ2v) is 7.11. The lowest BCUT2D eigenvalue weighted by Gasteiger charge is -2.38. The summed E-state index contributed by atoms with van der Waals surface area (Å²) in [6, 6.07) is 4.49. The molecule has 5 nitrogen and oxygen atoms in total. The topological polar surface area (TPSA) is 48.5 Å². The average Bonchev–Trinajstić information content (AvgIpc) is 2.67. The summed E-state index contributed by atoms with van der Waals surface area (Å²) in [5, 5.41) is 3.39. The number of rotatable bonds is 5. The van der Waals surface area contributed by atoms with Gasteiger partial charge >= 0.3 is 0 Å². The maximum Gasteiger partial charge on any atom is 0.222 e. The first-order chi connectivity index (χ1) is 11.7. The summed E-state index contributed by atoms with van der Waals surface area (Å²) in [4.78, 5) is 21.2. The van der Waals surface area contributed by atoms with Crippen molar-refractivity contribution in [3.8, 4) is 0 Å². The summed E-state index contributed by atoms with van der Waals surface area (Å²) >= 11 is 0. The zero-order valence-electron chi connectivity index (χ0n) is 16.0. The summed E-state index contributed by atoms with van der Waals surface area (Å²) in [5.74, 6) is 1.09. The van der Waals surface area contributed by atoms with Crippen molar-refractivity contribution in [1.82, 2.24) is 20.1 Å². The molecule has 3 heterocycles. The van der Waals surface area contributed by atoms with Gasteiger partial charge in [0.1, 0.15) is 0 Å². The van der Waals surface area contributed by atoms with E-state index in [1.807, 2.05) is 18.5 Å². The Hall–Kier alpha value is -0.590. The molecular formula is C19H33Cl3N4O. The van der Waals surface area contributed by atoms with Crippen LogP contribution in [0.5, 0.6) is 0 Å². The SMILES string of the molecule is CC(c1cccnc1)N1CCN(C(=O)CCC2CCNCC2)CC1.Cl.Cl.Cl. The minimum Gasteiger partial charge on any atom is -0.340 e. The Morgan fingerprint density at radius 2 is 1.85 bits per heavy atom. The van der Waals surface area contributed by atoms with Crippen LogP contribution in [0.4, 0.5) is 0 Å². The number of nitrogens with one attached hydrogen (secondary N) is 1. The van der Waals surface area contributed by atoms with E-state index in [4.69, 9.17) is 0 Å². The Morgan fingerprint density at radius 3 is 2.44 bits per heavy atom. The van der Waals surface area contributed by atoms with Gasteiger partial charge in [0.25, 0.3) is 0 Å². The van der Waals surface area contributed by atoms with Crippen molar-refractivity contribution < 1.29 is 4.79 Å². The summed E-state index contributed by atoms with van der Waals surface area (Å²) in [6.07, 6.45) is 8.00. The maximum atomic E-state index is 12.5. The van der Waals surface area contributed by atoms with E-state index in [1.165, 1.54) is 18.4 Å². The van der Waals surface area contributed by atoms with Crippen LogP contribution < -0.4 is 5.32 Å². The molecule has 2 fully saturated rings. The minimum absolute atomic E-state index is 0. The molecule has 1 atom stereocenters. The quantitative estimate of drug-likeness (QED) is 0.764. The van der Waals surface area contributed by atoms with Crippen LogP contribution in [0.3, 0.4) is 0 Å². The molecule has 27 heavy (non-hydrogen) atoms. The normalized spacial score (nSPS) is 19.2. The molecule has 0 radical (unpaired) electrons. The third-order valence-electron chi connectivity index (χ3n) is 5.61. The highest BCUT2D eigenvalue weighted by atomic mass is 35.5. The van der Waals surface area contributed by atoms with E-state index in [0.717, 1.165) is 58.0 Å². The van der Waals surface area contributed by atoms with Gasteiger partial charge in [0.2, 0.25) is 5.91 Å². The number of amides is 1. The fourth-order valence-electron chi connectivity index (χ4n) is 3.85. The summed E-state index contributed by atoms with van der Waals surface area (Å²) in [7, 11) is 0. The van der Waals surface area contributed by atoms with E-state index >= 15 is 0 Å². The summed E-state index contributed by atoms with van der Waals surface area (Å²) in [5.41, 5.74) is 1.25. The molecule has 8 heteroatoms. The molecule has 0 aliphatic carbocycles. The van der Waals surface area contributed by atoms with Gasteiger partial charge in [-0.25, -0.2) is 0 Å². The zero-order chi connectivity index (χ0) is 16.8. The number of halogens is 3. The second-order valence-electron chi connectivity index (χ2n) is 7.11. The van der Waals surface area contributed by atoms with Gasteiger partial charge in [0, 0.05) is 51.0 Å². The number of hydrogen-bond acceptors (Lipinski definition) is 4. The van der Waals surface area contributed by atoms with Crippen LogP contribution in [0.2, 0.25) is 0 Å². The number of piperazine rings is 1. The monoisotopic (exact) mass is 438 g/mol. The van der Waals surface area contributed by atoms with Gasteiger partial charge in [0.15, 0.2) is 0 Å². The summed E-state index contributed by atoms with van der Waals surface area (Å²) < 4.78 is 0.